The molecule has 3 heterocycles. The number of hydrogen-bond donors (Lipinski definition) is 0. The molecule has 4 heteroatoms. The highest BCUT2D eigenvalue weighted by Crippen LogP contribution is 2.64. The van der Waals surface area contributed by atoms with Crippen molar-refractivity contribution in [2.45, 2.75) is 106 Å². The predicted octanol–water partition coefficient (Wildman–Crippen LogP) is 6.62. The van der Waals surface area contributed by atoms with Gasteiger partial charge in [-0.25, -0.2) is 0 Å². The molecule has 1 aromatic heterocycles. The Morgan fingerprint density at radius 3 is 1.69 bits per heavy atom. The van der Waals surface area contributed by atoms with Crippen LogP contribution >= 0.6 is 0 Å². The summed E-state index contributed by atoms with van der Waals surface area (Å²) < 4.78 is 26.4. The molecule has 1 fully saturated rings. The van der Waals surface area contributed by atoms with Gasteiger partial charge < -0.3 is 18.6 Å². The van der Waals surface area contributed by atoms with Crippen molar-refractivity contribution >= 4 is 11.0 Å². The largest absolute Gasteiger partial charge is 0.461 e. The van der Waals surface area contributed by atoms with Gasteiger partial charge in [-0.3, -0.25) is 0 Å². The molecule has 0 aliphatic carbocycles. The fourth-order valence-electron chi connectivity index (χ4n) is 4.79. The minimum Gasteiger partial charge on any atom is -0.461 e. The molecule has 0 atom stereocenters. The SMILES string of the molecule is Cc1oc2c3c(c(C)c(C)c2c1C)OC1(OC(C)(C)C(C)(C)O1)C(C)(C)C3(C)C. The molecule has 29 heavy (non-hydrogen) atoms. The Bertz CT molecular complexity index is 1020. The van der Waals surface area contributed by atoms with Gasteiger partial charge in [0.15, 0.2) is 0 Å². The summed E-state index contributed by atoms with van der Waals surface area (Å²) in [5.41, 5.74) is 3.74. The third-order valence-corrected chi connectivity index (χ3v) is 8.54. The molecule has 2 aliphatic rings. The van der Waals surface area contributed by atoms with Gasteiger partial charge in [0.2, 0.25) is 0 Å². The average molecular weight is 401 g/mol. The zero-order chi connectivity index (χ0) is 21.9. The summed E-state index contributed by atoms with van der Waals surface area (Å²) in [6.07, 6.45) is 0. The highest BCUT2D eigenvalue weighted by atomic mass is 16.9. The number of fused-ring (bicyclic) bond motifs is 3. The first kappa shape index (κ1) is 20.7. The van der Waals surface area contributed by atoms with Crippen LogP contribution in [0.1, 0.15) is 83.4 Å². The maximum atomic E-state index is 6.77. The van der Waals surface area contributed by atoms with Gasteiger partial charge in [-0.1, -0.05) is 27.7 Å². The average Bonchev–Trinajstić information content (AvgIpc) is 2.94. The van der Waals surface area contributed by atoms with Gasteiger partial charge in [-0.2, -0.15) is 0 Å². The van der Waals surface area contributed by atoms with Crippen molar-refractivity contribution in [1.82, 2.24) is 0 Å². The summed E-state index contributed by atoms with van der Waals surface area (Å²) in [4.78, 5) is 0. The summed E-state index contributed by atoms with van der Waals surface area (Å²) in [7, 11) is 0. The first-order valence-corrected chi connectivity index (χ1v) is 10.6. The Morgan fingerprint density at radius 1 is 0.655 bits per heavy atom. The fourth-order valence-corrected chi connectivity index (χ4v) is 4.79. The van der Waals surface area contributed by atoms with Gasteiger partial charge in [0.1, 0.15) is 17.1 Å². The Labute approximate surface area is 174 Å². The molecule has 2 aliphatic heterocycles. The van der Waals surface area contributed by atoms with Crippen LogP contribution in [-0.2, 0) is 14.9 Å². The van der Waals surface area contributed by atoms with Crippen LogP contribution in [0, 0.1) is 33.1 Å². The Balaban J connectivity index is 2.09. The lowest BCUT2D eigenvalue weighted by atomic mass is 9.60. The Morgan fingerprint density at radius 2 is 1.17 bits per heavy atom. The molecule has 160 valence electrons. The van der Waals surface area contributed by atoms with E-state index in [1.54, 1.807) is 0 Å². The van der Waals surface area contributed by atoms with Gasteiger partial charge in [-0.05, 0) is 72.1 Å². The van der Waals surface area contributed by atoms with Crippen molar-refractivity contribution in [2.75, 3.05) is 0 Å². The number of benzene rings is 1. The predicted molar refractivity (Wildman–Crippen MR) is 116 cm³/mol. The third kappa shape index (κ3) is 2.22. The van der Waals surface area contributed by atoms with Gasteiger partial charge in [0, 0.05) is 16.4 Å². The summed E-state index contributed by atoms with van der Waals surface area (Å²) in [6, 6.07) is 0. The number of rotatable bonds is 0. The standard InChI is InChI=1S/C25H36O4/c1-13-14(2)19-18(20-17(13)15(3)16(4)26-20)21(5,6)22(7,8)25(27-19)28-23(9,10)24(11,12)29-25/h1-12H3. The van der Waals surface area contributed by atoms with Crippen LogP contribution in [0.2, 0.25) is 0 Å². The molecule has 0 N–H and O–H groups in total. The Kier molecular flexibility index (Phi) is 3.85. The second-order valence-electron chi connectivity index (χ2n) is 11.1. The van der Waals surface area contributed by atoms with E-state index in [0.717, 1.165) is 28.2 Å². The number of aryl methyl sites for hydroxylation is 3. The molecule has 0 saturated carbocycles. The van der Waals surface area contributed by atoms with E-state index in [4.69, 9.17) is 18.6 Å². The molecule has 0 radical (unpaired) electrons. The van der Waals surface area contributed by atoms with E-state index >= 15 is 0 Å². The third-order valence-electron chi connectivity index (χ3n) is 8.54. The molecule has 4 nitrogen and oxygen atoms in total. The summed E-state index contributed by atoms with van der Waals surface area (Å²) in [6.45, 7) is 25.6. The topological polar surface area (TPSA) is 40.8 Å². The minimum absolute atomic E-state index is 0.329. The molecule has 0 amide bonds. The normalized spacial score (nSPS) is 25.2. The van der Waals surface area contributed by atoms with Crippen LogP contribution in [0.5, 0.6) is 5.75 Å². The van der Waals surface area contributed by atoms with Gasteiger partial charge in [0.05, 0.1) is 16.6 Å². The highest BCUT2D eigenvalue weighted by molar-refractivity contribution is 5.92. The van der Waals surface area contributed by atoms with E-state index in [1.807, 2.05) is 6.92 Å². The lowest BCUT2D eigenvalue weighted by molar-refractivity contribution is -0.381. The number of ether oxygens (including phenoxy) is 3. The monoisotopic (exact) mass is 400 g/mol. The van der Waals surface area contributed by atoms with Crippen molar-refractivity contribution in [3.63, 3.8) is 0 Å². The van der Waals surface area contributed by atoms with Crippen molar-refractivity contribution in [3.05, 3.63) is 28.0 Å². The van der Waals surface area contributed by atoms with Gasteiger partial charge in [0.25, 0.3) is 0 Å². The quantitative estimate of drug-likeness (QED) is 0.498. The lowest BCUT2D eigenvalue weighted by Gasteiger charge is -2.55. The van der Waals surface area contributed by atoms with Crippen molar-refractivity contribution < 1.29 is 18.6 Å². The molecule has 0 bridgehead atoms. The van der Waals surface area contributed by atoms with Crippen molar-refractivity contribution in [1.29, 1.82) is 0 Å². The first-order chi connectivity index (χ1) is 13.0. The van der Waals surface area contributed by atoms with Gasteiger partial charge in [-0.15, -0.1) is 0 Å². The van der Waals surface area contributed by atoms with E-state index in [1.165, 1.54) is 16.5 Å². The smallest absolute Gasteiger partial charge is 0.334 e. The molecule has 4 rings (SSSR count). The zero-order valence-electron chi connectivity index (χ0n) is 20.1. The fraction of sp³-hybridized carbons (Fsp3) is 0.680. The maximum absolute atomic E-state index is 6.77. The molecule has 0 unspecified atom stereocenters. The van der Waals surface area contributed by atoms with Crippen LogP contribution in [0.4, 0.5) is 0 Å². The van der Waals surface area contributed by atoms with Crippen molar-refractivity contribution in [2.24, 2.45) is 5.41 Å². The van der Waals surface area contributed by atoms with Gasteiger partial charge >= 0.3 is 5.97 Å². The van der Waals surface area contributed by atoms with Crippen molar-refractivity contribution in [3.8, 4) is 5.75 Å². The van der Waals surface area contributed by atoms with E-state index in [2.05, 4.69) is 76.2 Å². The molecular weight excluding hydrogens is 364 g/mol. The molecule has 2 aromatic rings. The van der Waals surface area contributed by atoms with E-state index in [-0.39, 0.29) is 5.41 Å². The molecule has 1 saturated heterocycles. The van der Waals surface area contributed by atoms with Crippen LogP contribution < -0.4 is 4.74 Å². The summed E-state index contributed by atoms with van der Waals surface area (Å²) in [5, 5.41) is 1.20. The summed E-state index contributed by atoms with van der Waals surface area (Å²) in [5.74, 6) is 0.611. The molecule has 1 aromatic carbocycles. The molecule has 1 spiro atoms. The van der Waals surface area contributed by atoms with Crippen LogP contribution in [0.25, 0.3) is 11.0 Å². The maximum Gasteiger partial charge on any atom is 0.334 e. The molecular formula is C25H36O4. The second-order valence-corrected chi connectivity index (χ2v) is 11.1. The minimum atomic E-state index is -1.18. The number of hydrogen-bond acceptors (Lipinski definition) is 4. The zero-order valence-corrected chi connectivity index (χ0v) is 20.1. The highest BCUT2D eigenvalue weighted by Gasteiger charge is 2.71. The van der Waals surface area contributed by atoms with E-state index in [9.17, 15) is 0 Å². The lowest BCUT2D eigenvalue weighted by Crippen LogP contribution is -2.62. The van der Waals surface area contributed by atoms with E-state index < -0.39 is 22.6 Å². The number of furan rings is 1. The van der Waals surface area contributed by atoms with Crippen LogP contribution in [-0.4, -0.2) is 17.2 Å². The second kappa shape index (κ2) is 5.39. The van der Waals surface area contributed by atoms with Crippen LogP contribution in [0.15, 0.2) is 4.42 Å². The van der Waals surface area contributed by atoms with Crippen LogP contribution in [0.3, 0.4) is 0 Å². The first-order valence-electron chi connectivity index (χ1n) is 10.6. The Hall–Kier alpha value is -1.52. The summed E-state index contributed by atoms with van der Waals surface area (Å²) >= 11 is 0. The van der Waals surface area contributed by atoms with E-state index in [0.29, 0.717) is 0 Å².